The maximum atomic E-state index is 5.92. The number of methoxy groups -OCH3 is 1. The largest absolute Gasteiger partial charge is 0.497 e. The first kappa shape index (κ1) is 10.7. The molecule has 0 amide bonds. The lowest BCUT2D eigenvalue weighted by atomic mass is 9.93. The first-order valence-corrected chi connectivity index (χ1v) is 5.58. The fourth-order valence-corrected chi connectivity index (χ4v) is 2.15. The molecule has 1 heterocycles. The van der Waals surface area contributed by atoms with Gasteiger partial charge in [-0.05, 0) is 25.5 Å². The highest BCUT2D eigenvalue weighted by Gasteiger charge is 2.26. The highest BCUT2D eigenvalue weighted by atomic mass is 16.5. The quantitative estimate of drug-likeness (QED) is 0.747. The van der Waals surface area contributed by atoms with Crippen molar-refractivity contribution >= 4 is 0 Å². The van der Waals surface area contributed by atoms with Gasteiger partial charge in [0, 0.05) is 19.0 Å². The van der Waals surface area contributed by atoms with Gasteiger partial charge in [0.25, 0.3) is 0 Å². The van der Waals surface area contributed by atoms with Crippen LogP contribution in [0.3, 0.4) is 0 Å². The molecular formula is C12H19NO2. The summed E-state index contributed by atoms with van der Waals surface area (Å²) in [5.41, 5.74) is 0. The Morgan fingerprint density at radius 2 is 2.33 bits per heavy atom. The molecule has 84 valence electrons. The number of hydrogen-bond acceptors (Lipinski definition) is 3. The first-order valence-electron chi connectivity index (χ1n) is 5.58. The minimum Gasteiger partial charge on any atom is -0.497 e. The van der Waals surface area contributed by atoms with Crippen LogP contribution >= 0.6 is 0 Å². The zero-order valence-electron chi connectivity index (χ0n) is 9.40. The topological polar surface area (TPSA) is 30.5 Å². The Balaban J connectivity index is 1.98. The molecule has 0 aromatic carbocycles. The van der Waals surface area contributed by atoms with Crippen molar-refractivity contribution in [2.45, 2.75) is 25.6 Å². The van der Waals surface area contributed by atoms with Crippen molar-refractivity contribution in [2.75, 3.05) is 20.2 Å². The van der Waals surface area contributed by atoms with Crippen LogP contribution in [0.1, 0.15) is 13.3 Å². The lowest BCUT2D eigenvalue weighted by Gasteiger charge is -2.33. The summed E-state index contributed by atoms with van der Waals surface area (Å²) in [5, 5.41) is 3.40. The van der Waals surface area contributed by atoms with Gasteiger partial charge in [-0.1, -0.05) is 6.08 Å². The number of hydrogen-bond donors (Lipinski definition) is 1. The van der Waals surface area contributed by atoms with Crippen molar-refractivity contribution in [1.82, 2.24) is 5.32 Å². The van der Waals surface area contributed by atoms with Crippen LogP contribution in [-0.2, 0) is 9.47 Å². The number of allylic oxidation sites excluding steroid dienone is 2. The summed E-state index contributed by atoms with van der Waals surface area (Å²) in [4.78, 5) is 0. The van der Waals surface area contributed by atoms with E-state index in [1.54, 1.807) is 7.11 Å². The maximum absolute atomic E-state index is 5.92. The van der Waals surface area contributed by atoms with Crippen LogP contribution in [0.15, 0.2) is 24.0 Å². The molecule has 2 rings (SSSR count). The van der Waals surface area contributed by atoms with Crippen LogP contribution < -0.4 is 5.32 Å². The molecule has 1 fully saturated rings. The van der Waals surface area contributed by atoms with Gasteiger partial charge < -0.3 is 14.8 Å². The molecule has 1 N–H and O–H groups in total. The normalized spacial score (nSPS) is 36.1. The number of rotatable bonds is 2. The van der Waals surface area contributed by atoms with E-state index in [9.17, 15) is 0 Å². The summed E-state index contributed by atoms with van der Waals surface area (Å²) in [6.45, 7) is 4.01. The molecule has 15 heavy (non-hydrogen) atoms. The van der Waals surface area contributed by atoms with Crippen LogP contribution in [0.4, 0.5) is 0 Å². The fraction of sp³-hybridized carbons (Fsp3) is 0.667. The van der Waals surface area contributed by atoms with Gasteiger partial charge in [0.05, 0.1) is 19.3 Å². The minimum absolute atomic E-state index is 0.281. The Morgan fingerprint density at radius 1 is 1.47 bits per heavy atom. The van der Waals surface area contributed by atoms with Gasteiger partial charge in [0.1, 0.15) is 5.76 Å². The molecule has 1 aliphatic carbocycles. The number of ether oxygens (including phenoxy) is 2. The second-order valence-corrected chi connectivity index (χ2v) is 4.22. The molecule has 1 unspecified atom stereocenters. The molecule has 0 aromatic heterocycles. The number of morpholine rings is 1. The van der Waals surface area contributed by atoms with Crippen LogP contribution in [0, 0.1) is 5.92 Å². The Kier molecular flexibility index (Phi) is 3.44. The minimum atomic E-state index is 0.281. The molecule has 3 heteroatoms. The van der Waals surface area contributed by atoms with E-state index in [0.29, 0.717) is 12.0 Å². The van der Waals surface area contributed by atoms with E-state index in [4.69, 9.17) is 9.47 Å². The lowest BCUT2D eigenvalue weighted by molar-refractivity contribution is -0.0475. The van der Waals surface area contributed by atoms with Crippen molar-refractivity contribution in [1.29, 1.82) is 0 Å². The summed E-state index contributed by atoms with van der Waals surface area (Å²) in [7, 11) is 1.71. The van der Waals surface area contributed by atoms with Gasteiger partial charge in [0.15, 0.2) is 0 Å². The molecule has 3 nitrogen and oxygen atoms in total. The molecule has 1 saturated heterocycles. The van der Waals surface area contributed by atoms with Crippen LogP contribution in [-0.4, -0.2) is 32.4 Å². The maximum Gasteiger partial charge on any atom is 0.114 e. The van der Waals surface area contributed by atoms with Gasteiger partial charge in [0.2, 0.25) is 0 Å². The van der Waals surface area contributed by atoms with Crippen LogP contribution in [0.5, 0.6) is 0 Å². The number of nitrogens with one attached hydrogen (secondary N) is 1. The zero-order valence-corrected chi connectivity index (χ0v) is 9.40. The van der Waals surface area contributed by atoms with Crippen molar-refractivity contribution in [3.05, 3.63) is 24.0 Å². The molecule has 0 aromatic rings. The third kappa shape index (κ3) is 2.61. The standard InChI is InChI=1S/C12H19NO2/c1-9-7-13-8-12(15-9)10-4-3-5-11(6-10)14-2/h3,5-6,9-10,12-13H,4,7-8H2,1-2H3/t9-,10?,12-/m1/s1. The molecule has 3 atom stereocenters. The van der Waals surface area contributed by atoms with Gasteiger partial charge in [-0.15, -0.1) is 0 Å². The van der Waals surface area contributed by atoms with Gasteiger partial charge in [-0.2, -0.15) is 0 Å². The second-order valence-electron chi connectivity index (χ2n) is 4.22. The Labute approximate surface area is 91.1 Å². The Morgan fingerprint density at radius 3 is 3.07 bits per heavy atom. The first-order chi connectivity index (χ1) is 7.29. The molecule has 0 spiro atoms. The smallest absolute Gasteiger partial charge is 0.114 e. The van der Waals surface area contributed by atoms with Crippen LogP contribution in [0.2, 0.25) is 0 Å². The fourth-order valence-electron chi connectivity index (χ4n) is 2.15. The second kappa shape index (κ2) is 4.81. The lowest BCUT2D eigenvalue weighted by Crippen LogP contribution is -2.46. The monoisotopic (exact) mass is 209 g/mol. The van der Waals surface area contributed by atoms with E-state index in [2.05, 4.69) is 24.4 Å². The van der Waals surface area contributed by atoms with Crippen molar-refractivity contribution in [3.63, 3.8) is 0 Å². The van der Waals surface area contributed by atoms with E-state index in [1.165, 1.54) is 0 Å². The van der Waals surface area contributed by atoms with E-state index >= 15 is 0 Å². The van der Waals surface area contributed by atoms with E-state index in [-0.39, 0.29) is 6.10 Å². The summed E-state index contributed by atoms with van der Waals surface area (Å²) < 4.78 is 11.2. The van der Waals surface area contributed by atoms with Crippen molar-refractivity contribution < 1.29 is 9.47 Å². The van der Waals surface area contributed by atoms with Gasteiger partial charge >= 0.3 is 0 Å². The molecular weight excluding hydrogens is 190 g/mol. The summed E-state index contributed by atoms with van der Waals surface area (Å²) in [5.74, 6) is 1.40. The average Bonchev–Trinajstić information content (AvgIpc) is 2.29. The summed E-state index contributed by atoms with van der Waals surface area (Å²) in [6.07, 6.45) is 8.00. The van der Waals surface area contributed by atoms with E-state index < -0.39 is 0 Å². The summed E-state index contributed by atoms with van der Waals surface area (Å²) >= 11 is 0. The predicted molar refractivity (Wildman–Crippen MR) is 59.5 cm³/mol. The van der Waals surface area contributed by atoms with E-state index in [1.807, 2.05) is 6.08 Å². The molecule has 2 aliphatic rings. The molecule has 0 radical (unpaired) electrons. The average molecular weight is 209 g/mol. The summed E-state index contributed by atoms with van der Waals surface area (Å²) in [6, 6.07) is 0. The third-order valence-corrected chi connectivity index (χ3v) is 2.97. The SMILES string of the molecule is COC1=CC([C@H]2CNC[C@@H](C)O2)CC=C1. The highest BCUT2D eigenvalue weighted by molar-refractivity contribution is 5.19. The van der Waals surface area contributed by atoms with Crippen LogP contribution in [0.25, 0.3) is 0 Å². The predicted octanol–water partition coefficient (Wildman–Crippen LogP) is 1.47. The third-order valence-electron chi connectivity index (χ3n) is 2.97. The van der Waals surface area contributed by atoms with Gasteiger partial charge in [-0.25, -0.2) is 0 Å². The molecule has 0 bridgehead atoms. The van der Waals surface area contributed by atoms with Gasteiger partial charge in [-0.3, -0.25) is 0 Å². The molecule has 1 aliphatic heterocycles. The van der Waals surface area contributed by atoms with Crippen molar-refractivity contribution in [3.8, 4) is 0 Å². The van der Waals surface area contributed by atoms with E-state index in [0.717, 1.165) is 25.3 Å². The molecule has 0 saturated carbocycles. The Bertz CT molecular complexity index is 273. The Hall–Kier alpha value is -0.800. The zero-order chi connectivity index (χ0) is 10.7. The van der Waals surface area contributed by atoms with Crippen molar-refractivity contribution in [2.24, 2.45) is 5.92 Å². The highest BCUT2D eigenvalue weighted by Crippen LogP contribution is 2.24.